The van der Waals surface area contributed by atoms with Crippen LogP contribution in [0.3, 0.4) is 0 Å². The smallest absolute Gasteiger partial charge is 0.154 e. The zero-order chi connectivity index (χ0) is 5.72. The Bertz CT molecular complexity index is 137. The molecule has 2 heteroatoms. The molecule has 3 saturated carbocycles. The molecule has 0 spiro atoms. The summed E-state index contributed by atoms with van der Waals surface area (Å²) in [5.41, 5.74) is 0. The van der Waals surface area contributed by atoms with Crippen LogP contribution in [0.5, 0.6) is 0 Å². The van der Waals surface area contributed by atoms with Gasteiger partial charge in [-0.3, -0.25) is 4.79 Å². The van der Waals surface area contributed by atoms with E-state index in [0.717, 1.165) is 12.8 Å². The Labute approximate surface area is 53.0 Å². The number of alkyl halides is 1. The van der Waals surface area contributed by atoms with Crippen LogP contribution >= 0.6 is 11.6 Å². The molecule has 0 aromatic carbocycles. The molecule has 2 bridgehead atoms. The normalized spacial score (nSPS) is 51.6. The van der Waals surface area contributed by atoms with Gasteiger partial charge < -0.3 is 0 Å². The SMILES string of the molecule is O=C1C2CC(C2)C1Cl. The minimum absolute atomic E-state index is 0.111. The van der Waals surface area contributed by atoms with E-state index in [-0.39, 0.29) is 5.38 Å². The molecule has 0 heterocycles. The van der Waals surface area contributed by atoms with Gasteiger partial charge in [0.15, 0.2) is 5.78 Å². The van der Waals surface area contributed by atoms with Crippen molar-refractivity contribution in [3.05, 3.63) is 0 Å². The van der Waals surface area contributed by atoms with Gasteiger partial charge in [-0.2, -0.15) is 0 Å². The maximum atomic E-state index is 10.8. The predicted molar refractivity (Wildman–Crippen MR) is 30.9 cm³/mol. The third-order valence-corrected chi connectivity index (χ3v) is 2.83. The molecule has 0 saturated heterocycles. The van der Waals surface area contributed by atoms with Crippen LogP contribution in [0.2, 0.25) is 0 Å². The largest absolute Gasteiger partial charge is 0.298 e. The molecule has 8 heavy (non-hydrogen) atoms. The van der Waals surface area contributed by atoms with E-state index >= 15 is 0 Å². The lowest BCUT2D eigenvalue weighted by molar-refractivity contribution is -0.119. The Kier molecular flexibility index (Phi) is 0.762. The summed E-state index contributed by atoms with van der Waals surface area (Å²) in [5, 5.41) is -0.111. The molecule has 3 aliphatic rings. The van der Waals surface area contributed by atoms with Gasteiger partial charge >= 0.3 is 0 Å². The lowest BCUT2D eigenvalue weighted by atomic mass is 9.84. The third kappa shape index (κ3) is 0.368. The molecule has 3 aliphatic carbocycles. The van der Waals surface area contributed by atoms with E-state index in [1.807, 2.05) is 0 Å². The Morgan fingerprint density at radius 3 is 2.25 bits per heavy atom. The van der Waals surface area contributed by atoms with Crippen molar-refractivity contribution in [3.63, 3.8) is 0 Å². The van der Waals surface area contributed by atoms with E-state index in [1.165, 1.54) is 0 Å². The first-order chi connectivity index (χ1) is 3.79. The van der Waals surface area contributed by atoms with Crippen molar-refractivity contribution in [1.82, 2.24) is 0 Å². The molecule has 1 nitrogen and oxygen atoms in total. The number of ketones is 1. The second-order valence-electron chi connectivity index (χ2n) is 2.73. The summed E-state index contributed by atoms with van der Waals surface area (Å²) in [4.78, 5) is 10.8. The van der Waals surface area contributed by atoms with Crippen molar-refractivity contribution in [2.75, 3.05) is 0 Å². The van der Waals surface area contributed by atoms with Gasteiger partial charge in [0.05, 0.1) is 5.38 Å². The van der Waals surface area contributed by atoms with Gasteiger partial charge in [-0.1, -0.05) is 0 Å². The average Bonchev–Trinajstić information content (AvgIpc) is 1.89. The molecule has 0 aromatic heterocycles. The second kappa shape index (κ2) is 1.27. The highest BCUT2D eigenvalue weighted by Gasteiger charge is 2.50. The first-order valence-electron chi connectivity index (χ1n) is 2.97. The van der Waals surface area contributed by atoms with Gasteiger partial charge in [-0.25, -0.2) is 0 Å². The summed E-state index contributed by atoms with van der Waals surface area (Å²) in [6.45, 7) is 0. The second-order valence-corrected chi connectivity index (χ2v) is 3.20. The van der Waals surface area contributed by atoms with Crippen LogP contribution in [0.25, 0.3) is 0 Å². The average molecular weight is 131 g/mol. The van der Waals surface area contributed by atoms with Crippen molar-refractivity contribution in [3.8, 4) is 0 Å². The molecule has 0 amide bonds. The maximum absolute atomic E-state index is 10.8. The summed E-state index contributed by atoms with van der Waals surface area (Å²) in [6.07, 6.45) is 2.15. The predicted octanol–water partition coefficient (Wildman–Crippen LogP) is 1.20. The number of fused-ring (bicyclic) bond motifs is 1. The van der Waals surface area contributed by atoms with E-state index in [9.17, 15) is 4.79 Å². The first kappa shape index (κ1) is 4.80. The Balaban J connectivity index is 2.27. The van der Waals surface area contributed by atoms with Gasteiger partial charge in [-0.15, -0.1) is 11.6 Å². The zero-order valence-corrected chi connectivity index (χ0v) is 5.19. The number of carbonyl (C=O) groups excluding carboxylic acids is 1. The van der Waals surface area contributed by atoms with Crippen molar-refractivity contribution in [2.24, 2.45) is 11.8 Å². The number of Topliss-reactive ketones (excluding diaryl/α,β-unsaturated/α-hetero) is 1. The molecule has 1 atom stereocenters. The highest BCUT2D eigenvalue weighted by molar-refractivity contribution is 6.33. The molecule has 3 rings (SSSR count). The zero-order valence-electron chi connectivity index (χ0n) is 4.43. The van der Waals surface area contributed by atoms with Gasteiger partial charge in [0.2, 0.25) is 0 Å². The molecule has 3 fully saturated rings. The maximum Gasteiger partial charge on any atom is 0.154 e. The van der Waals surface area contributed by atoms with Gasteiger partial charge in [-0.05, 0) is 18.8 Å². The number of hydrogen-bond acceptors (Lipinski definition) is 1. The summed E-state index contributed by atoms with van der Waals surface area (Å²) >= 11 is 5.71. The third-order valence-electron chi connectivity index (χ3n) is 2.26. The number of rotatable bonds is 0. The topological polar surface area (TPSA) is 17.1 Å². The fourth-order valence-corrected chi connectivity index (χ4v) is 1.97. The lowest BCUT2D eigenvalue weighted by Crippen LogP contribution is -2.14. The van der Waals surface area contributed by atoms with Crippen LogP contribution in [0.15, 0.2) is 0 Å². The van der Waals surface area contributed by atoms with Crippen LogP contribution in [-0.2, 0) is 4.79 Å². The van der Waals surface area contributed by atoms with Crippen molar-refractivity contribution in [1.29, 1.82) is 0 Å². The van der Waals surface area contributed by atoms with E-state index in [1.54, 1.807) is 0 Å². The van der Waals surface area contributed by atoms with E-state index in [0.29, 0.717) is 17.6 Å². The van der Waals surface area contributed by atoms with E-state index < -0.39 is 0 Å². The molecule has 0 aliphatic heterocycles. The standard InChI is InChI=1S/C6H7ClO/c7-5-3-1-4(2-3)6(5)8/h3-5H,1-2H2. The van der Waals surface area contributed by atoms with Gasteiger partial charge in [0.1, 0.15) is 0 Å². The van der Waals surface area contributed by atoms with Crippen LogP contribution in [0, 0.1) is 11.8 Å². The molecule has 0 N–H and O–H groups in total. The molecule has 44 valence electrons. The van der Waals surface area contributed by atoms with Crippen molar-refractivity contribution >= 4 is 17.4 Å². The highest BCUT2D eigenvalue weighted by Crippen LogP contribution is 2.48. The monoisotopic (exact) mass is 130 g/mol. The van der Waals surface area contributed by atoms with Gasteiger partial charge in [0.25, 0.3) is 0 Å². The van der Waals surface area contributed by atoms with Crippen molar-refractivity contribution in [2.45, 2.75) is 18.2 Å². The quantitative estimate of drug-likeness (QED) is 0.451. The first-order valence-corrected chi connectivity index (χ1v) is 3.40. The number of halogens is 1. The highest BCUT2D eigenvalue weighted by atomic mass is 35.5. The lowest BCUT2D eigenvalue weighted by Gasteiger charge is -2.20. The van der Waals surface area contributed by atoms with Crippen molar-refractivity contribution < 1.29 is 4.79 Å². The molecule has 1 unspecified atom stereocenters. The van der Waals surface area contributed by atoms with Gasteiger partial charge in [0, 0.05) is 5.92 Å². The molecular formula is C6H7ClO. The Morgan fingerprint density at radius 1 is 1.50 bits per heavy atom. The minimum Gasteiger partial charge on any atom is -0.298 e. The van der Waals surface area contributed by atoms with E-state index in [4.69, 9.17) is 11.6 Å². The van der Waals surface area contributed by atoms with Crippen LogP contribution in [0.1, 0.15) is 12.8 Å². The van der Waals surface area contributed by atoms with E-state index in [2.05, 4.69) is 0 Å². The summed E-state index contributed by atoms with van der Waals surface area (Å²) < 4.78 is 0. The molecular weight excluding hydrogens is 124 g/mol. The van der Waals surface area contributed by atoms with Crippen LogP contribution in [0.4, 0.5) is 0 Å². The summed E-state index contributed by atoms with van der Waals surface area (Å²) in [7, 11) is 0. The Hall–Kier alpha value is -0.0400. The fourth-order valence-electron chi connectivity index (χ4n) is 1.59. The minimum atomic E-state index is -0.111. The van der Waals surface area contributed by atoms with Crippen LogP contribution < -0.4 is 0 Å². The Morgan fingerprint density at radius 2 is 2.12 bits per heavy atom. The number of hydrogen-bond donors (Lipinski definition) is 0. The van der Waals surface area contributed by atoms with Crippen LogP contribution in [-0.4, -0.2) is 11.2 Å². The summed E-state index contributed by atoms with van der Waals surface area (Å²) in [6, 6.07) is 0. The number of carbonyl (C=O) groups is 1. The molecule has 0 aromatic rings. The molecule has 0 radical (unpaired) electrons. The fraction of sp³-hybridized carbons (Fsp3) is 0.833. The summed E-state index contributed by atoms with van der Waals surface area (Å²) in [5.74, 6) is 1.22.